The number of carbonyl (C=O) groups is 2. The number of ether oxygens (including phenoxy) is 2. The lowest BCUT2D eigenvalue weighted by Gasteiger charge is -2.02. The molecule has 0 bridgehead atoms. The Bertz CT molecular complexity index is 344. The predicted molar refractivity (Wildman–Crippen MR) is 41.8 cm³/mol. The molecule has 1 fully saturated rings. The van der Waals surface area contributed by atoms with E-state index in [1.807, 2.05) is 6.07 Å². The smallest absolute Gasteiger partial charge is 0.414 e. The minimum absolute atomic E-state index is 0.623. The van der Waals surface area contributed by atoms with Crippen molar-refractivity contribution in [2.45, 2.75) is 6.10 Å². The number of carbonyl (C=O) groups excluding carboxylic acids is 2. The summed E-state index contributed by atoms with van der Waals surface area (Å²) in [6, 6.07) is 8.73. The maximum Gasteiger partial charge on any atom is 0.517 e. The summed E-state index contributed by atoms with van der Waals surface area (Å²) in [5, 5.41) is 0. The summed E-state index contributed by atoms with van der Waals surface area (Å²) in [5.74, 6) is -0.656. The molecule has 0 radical (unpaired) electrons. The second-order valence-corrected chi connectivity index (χ2v) is 2.58. The molecule has 0 N–H and O–H groups in total. The third-order valence-electron chi connectivity index (χ3n) is 1.71. The number of esters is 1. The Hall–Kier alpha value is -1.84. The number of benzene rings is 1. The molecule has 1 saturated heterocycles. The van der Waals surface area contributed by atoms with Crippen molar-refractivity contribution in [3.05, 3.63) is 35.9 Å². The standard InChI is InChI=1S/C9H6O4/c10-8-7(12-9(11)13-8)6-4-2-1-3-5-6/h1-5,7H/t7-/m0/s1. The molecule has 0 aliphatic carbocycles. The zero-order chi connectivity index (χ0) is 9.26. The van der Waals surface area contributed by atoms with E-state index in [-0.39, 0.29) is 0 Å². The molecule has 1 aliphatic rings. The Morgan fingerprint density at radius 1 is 1.08 bits per heavy atom. The van der Waals surface area contributed by atoms with Gasteiger partial charge in [-0.2, -0.15) is 0 Å². The van der Waals surface area contributed by atoms with Crippen molar-refractivity contribution < 1.29 is 19.1 Å². The molecule has 1 heterocycles. The lowest BCUT2D eigenvalue weighted by molar-refractivity contribution is -0.136. The van der Waals surface area contributed by atoms with Gasteiger partial charge in [-0.25, -0.2) is 9.59 Å². The van der Waals surface area contributed by atoms with Crippen LogP contribution in [-0.2, 0) is 14.3 Å². The lowest BCUT2D eigenvalue weighted by Crippen LogP contribution is -2.06. The largest absolute Gasteiger partial charge is 0.517 e. The van der Waals surface area contributed by atoms with Crippen LogP contribution in [0, 0.1) is 0 Å². The van der Waals surface area contributed by atoms with Gasteiger partial charge in [0.2, 0.25) is 6.10 Å². The molecule has 13 heavy (non-hydrogen) atoms. The monoisotopic (exact) mass is 178 g/mol. The van der Waals surface area contributed by atoms with Crippen molar-refractivity contribution in [1.29, 1.82) is 0 Å². The molecular weight excluding hydrogens is 172 g/mol. The molecule has 1 aromatic carbocycles. The maximum absolute atomic E-state index is 11.0. The highest BCUT2D eigenvalue weighted by Crippen LogP contribution is 2.24. The maximum atomic E-state index is 11.0. The lowest BCUT2D eigenvalue weighted by atomic mass is 10.1. The molecule has 0 aromatic heterocycles. The van der Waals surface area contributed by atoms with Crippen molar-refractivity contribution in [3.63, 3.8) is 0 Å². The van der Waals surface area contributed by atoms with Crippen LogP contribution in [0.3, 0.4) is 0 Å². The molecule has 66 valence electrons. The second kappa shape index (κ2) is 2.90. The average molecular weight is 178 g/mol. The first-order valence-electron chi connectivity index (χ1n) is 3.74. The fraction of sp³-hybridized carbons (Fsp3) is 0.111. The van der Waals surface area contributed by atoms with Gasteiger partial charge in [-0.05, 0) is 0 Å². The number of rotatable bonds is 1. The third-order valence-corrected chi connectivity index (χ3v) is 1.71. The first-order chi connectivity index (χ1) is 6.27. The van der Waals surface area contributed by atoms with E-state index in [2.05, 4.69) is 9.47 Å². The van der Waals surface area contributed by atoms with Gasteiger partial charge in [0.15, 0.2) is 0 Å². The number of hydrogen-bond acceptors (Lipinski definition) is 4. The summed E-state index contributed by atoms with van der Waals surface area (Å²) < 4.78 is 8.88. The predicted octanol–water partition coefficient (Wildman–Crippen LogP) is 1.42. The second-order valence-electron chi connectivity index (χ2n) is 2.58. The Kier molecular flexibility index (Phi) is 1.73. The van der Waals surface area contributed by atoms with Crippen LogP contribution in [0.25, 0.3) is 0 Å². The van der Waals surface area contributed by atoms with E-state index in [1.54, 1.807) is 24.3 Å². The minimum Gasteiger partial charge on any atom is -0.414 e. The van der Waals surface area contributed by atoms with Gasteiger partial charge < -0.3 is 9.47 Å². The molecule has 4 nitrogen and oxygen atoms in total. The molecule has 1 aromatic rings. The van der Waals surface area contributed by atoms with Crippen LogP contribution in [0.5, 0.6) is 0 Å². The normalized spacial score (nSPS) is 21.1. The van der Waals surface area contributed by atoms with Gasteiger partial charge in [0.1, 0.15) is 0 Å². The van der Waals surface area contributed by atoms with Gasteiger partial charge in [-0.15, -0.1) is 0 Å². The zero-order valence-electron chi connectivity index (χ0n) is 6.60. The number of cyclic esters (lactones) is 3. The highest BCUT2D eigenvalue weighted by Gasteiger charge is 2.36. The molecular formula is C9H6O4. The van der Waals surface area contributed by atoms with Gasteiger partial charge in [0.25, 0.3) is 0 Å². The van der Waals surface area contributed by atoms with Gasteiger partial charge >= 0.3 is 12.1 Å². The summed E-state index contributed by atoms with van der Waals surface area (Å²) in [7, 11) is 0. The van der Waals surface area contributed by atoms with E-state index in [4.69, 9.17) is 0 Å². The first-order valence-corrected chi connectivity index (χ1v) is 3.74. The Balaban J connectivity index is 2.28. The van der Waals surface area contributed by atoms with Gasteiger partial charge in [-0.1, -0.05) is 30.3 Å². The fourth-order valence-electron chi connectivity index (χ4n) is 1.14. The summed E-state index contributed by atoms with van der Waals surface area (Å²) in [5.41, 5.74) is 0.623. The molecule has 2 rings (SSSR count). The zero-order valence-corrected chi connectivity index (χ0v) is 6.60. The van der Waals surface area contributed by atoms with Crippen LogP contribution in [0.4, 0.5) is 4.79 Å². The van der Waals surface area contributed by atoms with Crippen LogP contribution in [0.2, 0.25) is 0 Å². The molecule has 0 unspecified atom stereocenters. The van der Waals surface area contributed by atoms with Crippen LogP contribution in [0.15, 0.2) is 30.3 Å². The van der Waals surface area contributed by atoms with Crippen molar-refractivity contribution in [2.75, 3.05) is 0 Å². The van der Waals surface area contributed by atoms with Gasteiger partial charge in [-0.3, -0.25) is 0 Å². The quantitative estimate of drug-likeness (QED) is 0.482. The number of hydrogen-bond donors (Lipinski definition) is 0. The average Bonchev–Trinajstić information content (AvgIpc) is 2.47. The van der Waals surface area contributed by atoms with E-state index < -0.39 is 18.2 Å². The summed E-state index contributed by atoms with van der Waals surface area (Å²) >= 11 is 0. The van der Waals surface area contributed by atoms with Crippen LogP contribution >= 0.6 is 0 Å². The molecule has 1 atom stereocenters. The summed E-state index contributed by atoms with van der Waals surface area (Å²) in [4.78, 5) is 21.6. The summed E-state index contributed by atoms with van der Waals surface area (Å²) in [6.07, 6.45) is -1.83. The molecule has 0 saturated carbocycles. The highest BCUT2D eigenvalue weighted by molar-refractivity contribution is 5.91. The topological polar surface area (TPSA) is 52.6 Å². The highest BCUT2D eigenvalue weighted by atomic mass is 16.8. The van der Waals surface area contributed by atoms with Crippen molar-refractivity contribution in [3.8, 4) is 0 Å². The fourth-order valence-corrected chi connectivity index (χ4v) is 1.14. The Morgan fingerprint density at radius 2 is 1.77 bits per heavy atom. The molecule has 0 amide bonds. The van der Waals surface area contributed by atoms with E-state index in [1.165, 1.54) is 0 Å². The van der Waals surface area contributed by atoms with Crippen LogP contribution in [-0.4, -0.2) is 12.1 Å². The Morgan fingerprint density at radius 3 is 2.31 bits per heavy atom. The first kappa shape index (κ1) is 7.79. The molecule has 4 heteroatoms. The SMILES string of the molecule is O=C1OC(=O)[C@H](c2ccccc2)O1. The van der Waals surface area contributed by atoms with E-state index in [9.17, 15) is 9.59 Å². The van der Waals surface area contributed by atoms with Crippen LogP contribution in [0.1, 0.15) is 11.7 Å². The third kappa shape index (κ3) is 1.38. The molecule has 1 aliphatic heterocycles. The van der Waals surface area contributed by atoms with Gasteiger partial charge in [0, 0.05) is 5.56 Å². The van der Waals surface area contributed by atoms with Crippen molar-refractivity contribution >= 4 is 12.1 Å². The van der Waals surface area contributed by atoms with E-state index >= 15 is 0 Å². The summed E-state index contributed by atoms with van der Waals surface area (Å²) in [6.45, 7) is 0. The van der Waals surface area contributed by atoms with E-state index in [0.717, 1.165) is 0 Å². The van der Waals surface area contributed by atoms with Crippen molar-refractivity contribution in [1.82, 2.24) is 0 Å². The Labute approximate surface area is 74.1 Å². The molecule has 0 spiro atoms. The van der Waals surface area contributed by atoms with Crippen LogP contribution < -0.4 is 0 Å². The van der Waals surface area contributed by atoms with E-state index in [0.29, 0.717) is 5.56 Å². The van der Waals surface area contributed by atoms with Gasteiger partial charge in [0.05, 0.1) is 0 Å². The van der Waals surface area contributed by atoms with Crippen molar-refractivity contribution in [2.24, 2.45) is 0 Å². The minimum atomic E-state index is -0.932.